The molecule has 1 rings (SSSR count). The van der Waals surface area contributed by atoms with Crippen molar-refractivity contribution in [3.8, 4) is 0 Å². The van der Waals surface area contributed by atoms with E-state index in [0.717, 1.165) is 30.9 Å². The van der Waals surface area contributed by atoms with Crippen LogP contribution in [-0.2, 0) is 0 Å². The minimum Gasteiger partial charge on any atom is -0.356 e. The minimum atomic E-state index is 0. The lowest BCUT2D eigenvalue weighted by molar-refractivity contribution is 0.213. The lowest BCUT2D eigenvalue weighted by atomic mass is 9.94. The van der Waals surface area contributed by atoms with E-state index in [9.17, 15) is 0 Å². The topological polar surface area (TPSA) is 39.7 Å². The lowest BCUT2D eigenvalue weighted by Crippen LogP contribution is -2.39. The fraction of sp³-hybridized carbons (Fsp3) is 0.938. The highest BCUT2D eigenvalue weighted by Crippen LogP contribution is 2.18. The number of guanidine groups is 1. The molecule has 0 amide bonds. The van der Waals surface area contributed by atoms with Gasteiger partial charge >= 0.3 is 0 Å². The molecule has 0 aromatic rings. The van der Waals surface area contributed by atoms with Crippen LogP contribution in [0, 0.1) is 11.8 Å². The monoisotopic (exact) mass is 410 g/mol. The fourth-order valence-electron chi connectivity index (χ4n) is 2.68. The lowest BCUT2D eigenvalue weighted by Gasteiger charge is -2.29. The van der Waals surface area contributed by atoms with E-state index in [2.05, 4.69) is 41.4 Å². The molecule has 0 radical (unpaired) electrons. The van der Waals surface area contributed by atoms with Gasteiger partial charge in [0, 0.05) is 20.1 Å². The summed E-state index contributed by atoms with van der Waals surface area (Å²) in [5.41, 5.74) is 0. The average Bonchev–Trinajstić information content (AvgIpc) is 2.43. The van der Waals surface area contributed by atoms with Gasteiger partial charge in [-0.25, -0.2) is 0 Å². The predicted molar refractivity (Wildman–Crippen MR) is 104 cm³/mol. The Morgan fingerprint density at radius 2 is 1.81 bits per heavy atom. The van der Waals surface area contributed by atoms with Crippen LogP contribution in [0.2, 0.25) is 0 Å². The minimum absolute atomic E-state index is 0. The first-order valence-corrected chi connectivity index (χ1v) is 8.25. The van der Waals surface area contributed by atoms with Crippen molar-refractivity contribution in [1.29, 1.82) is 0 Å². The van der Waals surface area contributed by atoms with Crippen molar-refractivity contribution < 1.29 is 0 Å². The van der Waals surface area contributed by atoms with E-state index >= 15 is 0 Å². The van der Waals surface area contributed by atoms with Crippen LogP contribution in [0.15, 0.2) is 4.99 Å². The number of nitrogens with zero attached hydrogens (tertiary/aromatic N) is 2. The molecule has 1 aliphatic rings. The number of piperidine rings is 1. The van der Waals surface area contributed by atoms with Crippen LogP contribution < -0.4 is 10.6 Å². The molecule has 0 bridgehead atoms. The smallest absolute Gasteiger partial charge is 0.190 e. The van der Waals surface area contributed by atoms with Crippen molar-refractivity contribution in [2.45, 2.75) is 46.0 Å². The Balaban J connectivity index is 0.00000400. The van der Waals surface area contributed by atoms with Gasteiger partial charge in [0.05, 0.1) is 0 Å². The van der Waals surface area contributed by atoms with Crippen LogP contribution in [0.25, 0.3) is 0 Å². The molecule has 0 atom stereocenters. The van der Waals surface area contributed by atoms with Gasteiger partial charge in [-0.2, -0.15) is 0 Å². The summed E-state index contributed by atoms with van der Waals surface area (Å²) in [7, 11) is 4.07. The summed E-state index contributed by atoms with van der Waals surface area (Å²) in [6, 6.07) is 0. The second-order valence-electron chi connectivity index (χ2n) is 6.50. The van der Waals surface area contributed by atoms with Crippen molar-refractivity contribution >= 4 is 29.9 Å². The standard InChI is InChI=1S/C16H34N4.HI/c1-14(2)6-5-10-18-16(17-3)19-11-7-15-8-12-20(4)13-9-15;/h14-15H,5-13H2,1-4H3,(H2,17,18,19);1H. The van der Waals surface area contributed by atoms with Gasteiger partial charge in [-0.05, 0) is 64.1 Å². The van der Waals surface area contributed by atoms with Crippen molar-refractivity contribution in [2.75, 3.05) is 40.3 Å². The highest BCUT2D eigenvalue weighted by molar-refractivity contribution is 14.0. The molecule has 1 saturated heterocycles. The molecular formula is C16H35IN4. The molecule has 4 nitrogen and oxygen atoms in total. The van der Waals surface area contributed by atoms with Crippen LogP contribution in [0.1, 0.15) is 46.0 Å². The zero-order valence-electron chi connectivity index (χ0n) is 14.3. The Hall–Kier alpha value is -0.0400. The highest BCUT2D eigenvalue weighted by Gasteiger charge is 2.16. The van der Waals surface area contributed by atoms with Crippen LogP contribution in [0.3, 0.4) is 0 Å². The largest absolute Gasteiger partial charge is 0.356 e. The summed E-state index contributed by atoms with van der Waals surface area (Å²) in [6.45, 7) is 9.12. The van der Waals surface area contributed by atoms with Crippen molar-refractivity contribution in [3.63, 3.8) is 0 Å². The first kappa shape index (κ1) is 21.0. The molecule has 21 heavy (non-hydrogen) atoms. The predicted octanol–water partition coefficient (Wildman–Crippen LogP) is 2.94. The molecule has 1 heterocycles. The Morgan fingerprint density at radius 3 is 2.38 bits per heavy atom. The van der Waals surface area contributed by atoms with E-state index in [1.54, 1.807) is 0 Å². The van der Waals surface area contributed by atoms with E-state index < -0.39 is 0 Å². The number of hydrogen-bond donors (Lipinski definition) is 2. The Labute approximate surface area is 148 Å². The van der Waals surface area contributed by atoms with E-state index in [-0.39, 0.29) is 24.0 Å². The molecule has 1 aliphatic heterocycles. The first-order chi connectivity index (χ1) is 9.61. The number of rotatable bonds is 7. The number of hydrogen-bond acceptors (Lipinski definition) is 2. The normalized spacial score (nSPS) is 17.7. The summed E-state index contributed by atoms with van der Waals surface area (Å²) < 4.78 is 0. The molecule has 0 aliphatic carbocycles. The second-order valence-corrected chi connectivity index (χ2v) is 6.50. The number of nitrogens with one attached hydrogen (secondary N) is 2. The van der Waals surface area contributed by atoms with Crippen molar-refractivity contribution in [2.24, 2.45) is 16.8 Å². The maximum Gasteiger partial charge on any atom is 0.190 e. The second kappa shape index (κ2) is 12.5. The van der Waals surface area contributed by atoms with Crippen LogP contribution in [-0.4, -0.2) is 51.1 Å². The van der Waals surface area contributed by atoms with Gasteiger partial charge in [0.1, 0.15) is 0 Å². The zero-order chi connectivity index (χ0) is 14.8. The number of halogens is 1. The van der Waals surface area contributed by atoms with Crippen molar-refractivity contribution in [1.82, 2.24) is 15.5 Å². The summed E-state index contributed by atoms with van der Waals surface area (Å²) in [6.07, 6.45) is 6.45. The molecule has 2 N–H and O–H groups in total. The van der Waals surface area contributed by atoms with E-state index in [1.165, 1.54) is 45.2 Å². The quantitative estimate of drug-likeness (QED) is 0.294. The molecule has 0 aromatic carbocycles. The van der Waals surface area contributed by atoms with Gasteiger partial charge < -0.3 is 15.5 Å². The van der Waals surface area contributed by atoms with E-state index in [1.807, 2.05) is 7.05 Å². The Kier molecular flexibility index (Phi) is 12.5. The SMILES string of the molecule is CN=C(NCCCC(C)C)NCCC1CCN(C)CC1.I. The third-order valence-electron chi connectivity index (χ3n) is 4.16. The third-order valence-corrected chi connectivity index (χ3v) is 4.16. The molecule has 0 spiro atoms. The fourth-order valence-corrected chi connectivity index (χ4v) is 2.68. The van der Waals surface area contributed by atoms with Crippen molar-refractivity contribution in [3.05, 3.63) is 0 Å². The summed E-state index contributed by atoms with van der Waals surface area (Å²) in [5.74, 6) is 2.63. The van der Waals surface area contributed by atoms with Gasteiger partial charge in [-0.15, -0.1) is 24.0 Å². The first-order valence-electron chi connectivity index (χ1n) is 8.25. The van der Waals surface area contributed by atoms with Gasteiger partial charge in [0.25, 0.3) is 0 Å². The maximum atomic E-state index is 4.29. The maximum absolute atomic E-state index is 4.29. The van der Waals surface area contributed by atoms with Gasteiger partial charge in [0.15, 0.2) is 5.96 Å². The highest BCUT2D eigenvalue weighted by atomic mass is 127. The molecule has 0 saturated carbocycles. The zero-order valence-corrected chi connectivity index (χ0v) is 16.7. The Bertz CT molecular complexity index is 273. The summed E-state index contributed by atoms with van der Waals surface area (Å²) in [5, 5.41) is 6.84. The van der Waals surface area contributed by atoms with Gasteiger partial charge in [-0.1, -0.05) is 13.8 Å². The Morgan fingerprint density at radius 1 is 1.19 bits per heavy atom. The summed E-state index contributed by atoms with van der Waals surface area (Å²) in [4.78, 5) is 6.72. The molecule has 0 aromatic heterocycles. The van der Waals surface area contributed by atoms with E-state index in [0.29, 0.717) is 0 Å². The van der Waals surface area contributed by atoms with Crippen LogP contribution >= 0.6 is 24.0 Å². The van der Waals surface area contributed by atoms with Gasteiger partial charge in [0.2, 0.25) is 0 Å². The molecule has 126 valence electrons. The molecule has 0 unspecified atom stereocenters. The average molecular weight is 410 g/mol. The summed E-state index contributed by atoms with van der Waals surface area (Å²) >= 11 is 0. The number of aliphatic imine (C=N–C) groups is 1. The third kappa shape index (κ3) is 10.3. The molecular weight excluding hydrogens is 375 g/mol. The van der Waals surface area contributed by atoms with E-state index in [4.69, 9.17) is 0 Å². The van der Waals surface area contributed by atoms with Crippen LogP contribution in [0.5, 0.6) is 0 Å². The molecule has 1 fully saturated rings. The van der Waals surface area contributed by atoms with Gasteiger partial charge in [-0.3, -0.25) is 4.99 Å². The number of likely N-dealkylation sites (tertiary alicyclic amines) is 1. The van der Waals surface area contributed by atoms with Crippen LogP contribution in [0.4, 0.5) is 0 Å². The molecule has 5 heteroatoms.